The summed E-state index contributed by atoms with van der Waals surface area (Å²) >= 11 is 0. The van der Waals surface area contributed by atoms with E-state index in [2.05, 4.69) is 25.9 Å². The third kappa shape index (κ3) is 10.4. The summed E-state index contributed by atoms with van der Waals surface area (Å²) in [5, 5.41) is 27.5. The predicted molar refractivity (Wildman–Crippen MR) is 153 cm³/mol. The number of hydrogen-bond acceptors (Lipinski definition) is 8. The minimum atomic E-state index is -1.38. The zero-order valence-corrected chi connectivity index (χ0v) is 23.2. The minimum absolute atomic E-state index is 0.0230. The fraction of sp³-hybridized carbons (Fsp3) is 0.462. The normalized spacial score (nSPS) is 14.5. The number of aliphatic carboxylic acids is 1. The fourth-order valence-corrected chi connectivity index (χ4v) is 4.08. The SMILES string of the molecule is CC(O)C(N)C(=O)NC(Cc1c[nH]c2ccccc12)C(=O)NC(CCC(N)=O)C(=O)NC(CCCN=C(N)N)C(=O)O. The van der Waals surface area contributed by atoms with E-state index in [4.69, 9.17) is 22.9 Å². The molecule has 2 rings (SSSR count). The Bertz CT molecular complexity index is 1290. The van der Waals surface area contributed by atoms with Crippen molar-refractivity contribution in [3.63, 3.8) is 0 Å². The van der Waals surface area contributed by atoms with E-state index >= 15 is 0 Å². The molecule has 0 aliphatic heterocycles. The lowest BCUT2D eigenvalue weighted by atomic mass is 10.0. The first-order valence-electron chi connectivity index (χ1n) is 13.3. The first kappa shape index (κ1) is 33.5. The van der Waals surface area contributed by atoms with Crippen LogP contribution >= 0.6 is 0 Å². The zero-order valence-electron chi connectivity index (χ0n) is 23.2. The largest absolute Gasteiger partial charge is 0.480 e. The Morgan fingerprint density at radius 2 is 1.55 bits per heavy atom. The molecule has 0 spiro atoms. The van der Waals surface area contributed by atoms with E-state index in [1.165, 1.54) is 6.92 Å². The molecule has 0 saturated heterocycles. The van der Waals surface area contributed by atoms with Crippen molar-refractivity contribution in [1.29, 1.82) is 0 Å². The molecule has 0 radical (unpaired) electrons. The Kier molecular flexibility index (Phi) is 12.7. The summed E-state index contributed by atoms with van der Waals surface area (Å²) < 4.78 is 0. The molecule has 0 bridgehead atoms. The van der Waals surface area contributed by atoms with Crippen LogP contribution < -0.4 is 38.9 Å². The molecule has 0 fully saturated rings. The van der Waals surface area contributed by atoms with Crippen molar-refractivity contribution in [3.8, 4) is 0 Å². The van der Waals surface area contributed by atoms with E-state index in [1.54, 1.807) is 12.3 Å². The number of aromatic nitrogens is 1. The van der Waals surface area contributed by atoms with Gasteiger partial charge in [0.15, 0.2) is 5.96 Å². The highest BCUT2D eigenvalue weighted by molar-refractivity contribution is 5.95. The maximum absolute atomic E-state index is 13.5. The van der Waals surface area contributed by atoms with Gasteiger partial charge in [0.25, 0.3) is 0 Å². The van der Waals surface area contributed by atoms with Gasteiger partial charge >= 0.3 is 5.97 Å². The topological polar surface area (TPSA) is 294 Å². The molecule has 16 nitrogen and oxygen atoms in total. The quantitative estimate of drug-likeness (QED) is 0.0516. The van der Waals surface area contributed by atoms with Crippen molar-refractivity contribution in [2.24, 2.45) is 27.9 Å². The van der Waals surface area contributed by atoms with Crippen LogP contribution in [-0.2, 0) is 30.4 Å². The van der Waals surface area contributed by atoms with Crippen LogP contribution in [0.2, 0.25) is 0 Å². The second kappa shape index (κ2) is 15.9. The van der Waals surface area contributed by atoms with Crippen molar-refractivity contribution in [2.45, 2.75) is 69.3 Å². The molecule has 2 aromatic rings. The van der Waals surface area contributed by atoms with Crippen LogP contribution in [0.25, 0.3) is 10.9 Å². The number of nitrogens with zero attached hydrogens (tertiary/aromatic N) is 1. The van der Waals surface area contributed by atoms with Gasteiger partial charge in [-0.2, -0.15) is 0 Å². The lowest BCUT2D eigenvalue weighted by Gasteiger charge is -2.25. The number of benzene rings is 1. The maximum Gasteiger partial charge on any atom is 0.326 e. The number of carboxylic acids is 1. The number of aliphatic imine (C=N–C) groups is 1. The zero-order chi connectivity index (χ0) is 31.4. The number of carbonyl (C=O) groups is 5. The first-order valence-corrected chi connectivity index (χ1v) is 13.3. The van der Waals surface area contributed by atoms with Crippen molar-refractivity contribution in [2.75, 3.05) is 6.54 Å². The number of aliphatic hydroxyl groups excluding tert-OH is 1. The third-order valence-electron chi connectivity index (χ3n) is 6.43. The van der Waals surface area contributed by atoms with E-state index in [1.807, 2.05) is 18.2 Å². The van der Waals surface area contributed by atoms with Crippen molar-refractivity contribution in [1.82, 2.24) is 20.9 Å². The number of amides is 4. The molecular weight excluding hydrogens is 550 g/mol. The summed E-state index contributed by atoms with van der Waals surface area (Å²) in [4.78, 5) is 69.4. The molecule has 1 aromatic carbocycles. The molecule has 14 N–H and O–H groups in total. The van der Waals surface area contributed by atoms with Crippen molar-refractivity contribution < 1.29 is 34.2 Å². The molecule has 5 atom stereocenters. The summed E-state index contributed by atoms with van der Waals surface area (Å²) in [6.45, 7) is 1.45. The van der Waals surface area contributed by atoms with Gasteiger partial charge in [0.05, 0.1) is 6.10 Å². The van der Waals surface area contributed by atoms with Crippen LogP contribution in [0.4, 0.5) is 0 Å². The number of guanidine groups is 1. The molecule has 230 valence electrons. The number of carboxylic acid groups (broad SMARTS) is 1. The van der Waals surface area contributed by atoms with Gasteiger partial charge in [0, 0.05) is 36.5 Å². The van der Waals surface area contributed by atoms with Gasteiger partial charge in [0.1, 0.15) is 24.2 Å². The smallest absolute Gasteiger partial charge is 0.326 e. The highest BCUT2D eigenvalue weighted by Crippen LogP contribution is 2.19. The van der Waals surface area contributed by atoms with Gasteiger partial charge in [-0.15, -0.1) is 0 Å². The Morgan fingerprint density at radius 3 is 2.17 bits per heavy atom. The molecule has 5 unspecified atom stereocenters. The molecule has 4 amide bonds. The number of rotatable bonds is 17. The molecule has 0 aliphatic carbocycles. The average molecular weight is 590 g/mol. The van der Waals surface area contributed by atoms with E-state index in [0.29, 0.717) is 5.56 Å². The monoisotopic (exact) mass is 589 g/mol. The van der Waals surface area contributed by atoms with Gasteiger partial charge in [-0.1, -0.05) is 18.2 Å². The Balaban J connectivity index is 2.27. The highest BCUT2D eigenvalue weighted by Gasteiger charge is 2.31. The second-order valence-electron chi connectivity index (χ2n) is 9.81. The molecule has 0 saturated carbocycles. The van der Waals surface area contributed by atoms with Crippen LogP contribution in [0.1, 0.15) is 38.2 Å². The van der Waals surface area contributed by atoms with Gasteiger partial charge in [-0.05, 0) is 37.8 Å². The number of carbonyl (C=O) groups excluding carboxylic acids is 4. The standard InChI is InChI=1S/C26H39N9O7/c1-13(36)21(28)24(40)35-19(11-14-12-32-16-6-3-2-5-15(14)16)23(39)33-17(8-9-20(27)37)22(38)34-18(25(41)42)7-4-10-31-26(29)30/h2-3,5-6,12-13,17-19,21,32,36H,4,7-11,28H2,1H3,(H2,27,37)(H,33,39)(H,34,38)(H,35,40)(H,41,42)(H4,29,30,31). The van der Waals surface area contributed by atoms with Gasteiger partial charge in [0.2, 0.25) is 23.6 Å². The number of aromatic amines is 1. The molecule has 0 aliphatic rings. The van der Waals surface area contributed by atoms with Gasteiger partial charge in [-0.25, -0.2) is 4.79 Å². The number of nitrogens with one attached hydrogen (secondary N) is 4. The number of H-pyrrole nitrogens is 1. The lowest BCUT2D eigenvalue weighted by molar-refractivity contribution is -0.142. The van der Waals surface area contributed by atoms with E-state index < -0.39 is 59.9 Å². The van der Waals surface area contributed by atoms with Crippen LogP contribution in [0.3, 0.4) is 0 Å². The molecule has 1 aromatic heterocycles. The van der Waals surface area contributed by atoms with Crippen molar-refractivity contribution >= 4 is 46.5 Å². The summed E-state index contributed by atoms with van der Waals surface area (Å²) in [5.41, 5.74) is 23.0. The Labute approximate surface area is 241 Å². The Hall–Kier alpha value is -4.70. The average Bonchev–Trinajstić information content (AvgIpc) is 3.33. The molecule has 16 heteroatoms. The summed E-state index contributed by atoms with van der Waals surface area (Å²) in [6.07, 6.45) is 0.0986. The second-order valence-corrected chi connectivity index (χ2v) is 9.81. The Morgan fingerprint density at radius 1 is 0.929 bits per heavy atom. The number of hydrogen-bond donors (Lipinski definition) is 10. The van der Waals surface area contributed by atoms with E-state index in [9.17, 15) is 34.2 Å². The number of nitrogens with two attached hydrogens (primary N) is 4. The molecule has 1 heterocycles. The van der Waals surface area contributed by atoms with Crippen LogP contribution in [0.5, 0.6) is 0 Å². The maximum atomic E-state index is 13.5. The highest BCUT2D eigenvalue weighted by atomic mass is 16.4. The van der Waals surface area contributed by atoms with E-state index in [-0.39, 0.29) is 44.6 Å². The number of fused-ring (bicyclic) bond motifs is 1. The molecule has 42 heavy (non-hydrogen) atoms. The lowest BCUT2D eigenvalue weighted by Crippen LogP contribution is -2.58. The number of para-hydroxylation sites is 1. The fourth-order valence-electron chi connectivity index (χ4n) is 4.08. The van der Waals surface area contributed by atoms with Gasteiger partial charge < -0.3 is 54.1 Å². The number of primary amides is 1. The van der Waals surface area contributed by atoms with Crippen molar-refractivity contribution in [3.05, 3.63) is 36.0 Å². The summed E-state index contributed by atoms with van der Waals surface area (Å²) in [6, 6.07) is 1.95. The van der Waals surface area contributed by atoms with E-state index in [0.717, 1.165) is 10.9 Å². The predicted octanol–water partition coefficient (Wildman–Crippen LogP) is -2.72. The summed E-state index contributed by atoms with van der Waals surface area (Å²) in [7, 11) is 0. The number of aliphatic hydroxyl groups is 1. The van der Waals surface area contributed by atoms with Gasteiger partial charge in [-0.3, -0.25) is 24.2 Å². The van der Waals surface area contributed by atoms with Crippen LogP contribution in [-0.4, -0.2) is 87.6 Å². The minimum Gasteiger partial charge on any atom is -0.480 e. The summed E-state index contributed by atoms with van der Waals surface area (Å²) in [5.74, 6) is -4.74. The molecular formula is C26H39N9O7. The van der Waals surface area contributed by atoms with Crippen LogP contribution in [0.15, 0.2) is 35.5 Å². The van der Waals surface area contributed by atoms with Crippen LogP contribution in [0, 0.1) is 0 Å². The third-order valence-corrected chi connectivity index (χ3v) is 6.43. The first-order chi connectivity index (χ1) is 19.8.